The number of nitrogens with zero attached hydrogens (tertiary/aromatic N) is 3. The van der Waals surface area contributed by atoms with Gasteiger partial charge in [-0.1, -0.05) is 12.0 Å². The molecule has 0 N–H and O–H groups in total. The number of thiazole rings is 1. The number of piperidine rings is 1. The minimum atomic E-state index is 0.0572. The molecule has 114 valence electrons. The van der Waals surface area contributed by atoms with Crippen molar-refractivity contribution in [1.82, 2.24) is 9.88 Å². The number of carbonyl (C=O) groups excluding carboxylic acids is 1. The Kier molecular flexibility index (Phi) is 4.71. The molecule has 3 rings (SSSR count). The van der Waals surface area contributed by atoms with Gasteiger partial charge in [0.15, 0.2) is 5.01 Å². The van der Waals surface area contributed by atoms with Crippen LogP contribution in [0.15, 0.2) is 30.5 Å². The smallest absolute Gasteiger partial charge is 0.265 e. The monoisotopic (exact) mass is 321 g/mol. The van der Waals surface area contributed by atoms with Gasteiger partial charge in [0.2, 0.25) is 0 Å². The number of amides is 1. The van der Waals surface area contributed by atoms with Crippen LogP contribution in [0.5, 0.6) is 0 Å². The van der Waals surface area contributed by atoms with Gasteiger partial charge in [-0.2, -0.15) is 5.26 Å². The normalized spacial score (nSPS) is 13.8. The summed E-state index contributed by atoms with van der Waals surface area (Å²) in [6.45, 7) is 1.66. The minimum absolute atomic E-state index is 0.0572. The van der Waals surface area contributed by atoms with Crippen LogP contribution in [0, 0.1) is 23.2 Å². The van der Waals surface area contributed by atoms with Crippen molar-refractivity contribution in [2.75, 3.05) is 13.1 Å². The van der Waals surface area contributed by atoms with E-state index in [1.54, 1.807) is 24.4 Å². The van der Waals surface area contributed by atoms with Crippen LogP contribution in [-0.4, -0.2) is 28.9 Å². The summed E-state index contributed by atoms with van der Waals surface area (Å²) in [4.78, 5) is 19.1. The lowest BCUT2D eigenvalue weighted by Gasteiger charge is -2.25. The summed E-state index contributed by atoms with van der Waals surface area (Å²) in [7, 11) is 0. The van der Waals surface area contributed by atoms with Crippen molar-refractivity contribution >= 4 is 17.2 Å². The maximum absolute atomic E-state index is 12.4. The zero-order chi connectivity index (χ0) is 16.1. The molecular formula is C18H15N3OS. The molecule has 0 aliphatic carbocycles. The summed E-state index contributed by atoms with van der Waals surface area (Å²) in [5.74, 6) is 6.01. The van der Waals surface area contributed by atoms with E-state index in [1.165, 1.54) is 17.8 Å². The van der Waals surface area contributed by atoms with E-state index < -0.39 is 0 Å². The van der Waals surface area contributed by atoms with Crippen LogP contribution >= 0.6 is 11.3 Å². The fraction of sp³-hybridized carbons (Fsp3) is 0.278. The Hall–Kier alpha value is -2.63. The molecule has 5 heteroatoms. The van der Waals surface area contributed by atoms with Gasteiger partial charge in [0.1, 0.15) is 4.88 Å². The van der Waals surface area contributed by atoms with Crippen molar-refractivity contribution in [2.24, 2.45) is 0 Å². The maximum Gasteiger partial charge on any atom is 0.265 e. The molecule has 1 aromatic heterocycles. The summed E-state index contributed by atoms with van der Waals surface area (Å²) in [6.07, 6.45) is 4.96. The second-order valence-electron chi connectivity index (χ2n) is 5.33. The number of hydrogen-bond donors (Lipinski definition) is 0. The third-order valence-electron chi connectivity index (χ3n) is 3.67. The van der Waals surface area contributed by atoms with Gasteiger partial charge in [-0.05, 0) is 43.4 Å². The molecule has 0 atom stereocenters. The Morgan fingerprint density at radius 3 is 2.74 bits per heavy atom. The first-order valence-corrected chi connectivity index (χ1v) is 8.35. The number of carbonyl (C=O) groups is 1. The highest BCUT2D eigenvalue weighted by atomic mass is 32.1. The fourth-order valence-electron chi connectivity index (χ4n) is 2.48. The molecule has 2 aromatic rings. The van der Waals surface area contributed by atoms with Crippen LogP contribution < -0.4 is 0 Å². The van der Waals surface area contributed by atoms with Gasteiger partial charge >= 0.3 is 0 Å². The highest BCUT2D eigenvalue weighted by molar-refractivity contribution is 7.14. The highest BCUT2D eigenvalue weighted by Crippen LogP contribution is 2.18. The van der Waals surface area contributed by atoms with Crippen molar-refractivity contribution < 1.29 is 4.79 Å². The summed E-state index contributed by atoms with van der Waals surface area (Å²) in [6, 6.07) is 9.22. The predicted octanol–water partition coefficient (Wildman–Crippen LogP) is 3.04. The van der Waals surface area contributed by atoms with Gasteiger partial charge in [0.05, 0.1) is 17.8 Å². The van der Waals surface area contributed by atoms with Crippen LogP contribution in [0.1, 0.15) is 45.1 Å². The van der Waals surface area contributed by atoms with E-state index in [2.05, 4.69) is 22.9 Å². The van der Waals surface area contributed by atoms with Crippen molar-refractivity contribution in [3.05, 3.63) is 51.5 Å². The average Bonchev–Trinajstić information content (AvgIpc) is 3.09. The largest absolute Gasteiger partial charge is 0.338 e. The van der Waals surface area contributed by atoms with Crippen LogP contribution in [0.2, 0.25) is 0 Å². The Balaban J connectivity index is 1.73. The first-order valence-electron chi connectivity index (χ1n) is 7.53. The van der Waals surface area contributed by atoms with Crippen molar-refractivity contribution in [3.63, 3.8) is 0 Å². The summed E-state index contributed by atoms with van der Waals surface area (Å²) >= 11 is 1.32. The molecule has 4 nitrogen and oxygen atoms in total. The van der Waals surface area contributed by atoms with Gasteiger partial charge in [-0.15, -0.1) is 11.3 Å². The lowest BCUT2D eigenvalue weighted by atomic mass is 10.1. The topological polar surface area (TPSA) is 57.0 Å². The molecule has 1 aromatic carbocycles. The van der Waals surface area contributed by atoms with E-state index in [0.29, 0.717) is 15.4 Å². The molecule has 0 radical (unpaired) electrons. The zero-order valence-electron chi connectivity index (χ0n) is 12.6. The molecular weight excluding hydrogens is 306 g/mol. The fourth-order valence-corrected chi connectivity index (χ4v) is 3.21. The number of aromatic nitrogens is 1. The van der Waals surface area contributed by atoms with E-state index in [1.807, 2.05) is 11.0 Å². The maximum atomic E-state index is 12.4. The first kappa shape index (κ1) is 15.3. The lowest BCUT2D eigenvalue weighted by molar-refractivity contribution is 0.0729. The van der Waals surface area contributed by atoms with Gasteiger partial charge in [-0.25, -0.2) is 4.98 Å². The second-order valence-corrected chi connectivity index (χ2v) is 6.36. The van der Waals surface area contributed by atoms with Crippen LogP contribution in [-0.2, 0) is 0 Å². The number of rotatable bonds is 1. The molecule has 1 fully saturated rings. The Morgan fingerprint density at radius 2 is 1.96 bits per heavy atom. The van der Waals surface area contributed by atoms with E-state index in [-0.39, 0.29) is 5.91 Å². The molecule has 0 spiro atoms. The predicted molar refractivity (Wildman–Crippen MR) is 89.0 cm³/mol. The molecule has 0 saturated carbocycles. The van der Waals surface area contributed by atoms with Crippen LogP contribution in [0.4, 0.5) is 0 Å². The molecule has 1 amide bonds. The number of nitriles is 1. The van der Waals surface area contributed by atoms with Gasteiger partial charge < -0.3 is 4.90 Å². The van der Waals surface area contributed by atoms with Crippen LogP contribution in [0.3, 0.4) is 0 Å². The molecule has 0 bridgehead atoms. The van der Waals surface area contributed by atoms with Gasteiger partial charge in [0, 0.05) is 18.7 Å². The molecule has 23 heavy (non-hydrogen) atoms. The molecule has 1 aliphatic heterocycles. The molecule has 0 unspecified atom stereocenters. The molecule has 2 heterocycles. The third kappa shape index (κ3) is 3.77. The minimum Gasteiger partial charge on any atom is -0.338 e. The second kappa shape index (κ2) is 7.09. The Morgan fingerprint density at radius 1 is 1.17 bits per heavy atom. The van der Waals surface area contributed by atoms with Gasteiger partial charge in [0.25, 0.3) is 5.91 Å². The standard InChI is InChI=1S/C18H15N3OS/c19-12-15-6-4-5-14(11-15)7-8-17-20-13-16(23-17)18(22)21-9-2-1-3-10-21/h4-6,11,13H,1-3,9-10H2. The van der Waals surface area contributed by atoms with E-state index in [9.17, 15) is 4.79 Å². The SMILES string of the molecule is N#Cc1cccc(C#Cc2ncc(C(=O)N3CCCCC3)s2)c1. The number of hydrogen-bond acceptors (Lipinski definition) is 4. The number of likely N-dealkylation sites (tertiary alicyclic amines) is 1. The first-order chi connectivity index (χ1) is 11.3. The van der Waals surface area contributed by atoms with E-state index in [0.717, 1.165) is 31.5 Å². The summed E-state index contributed by atoms with van der Waals surface area (Å²) in [5, 5.41) is 9.50. The Bertz CT molecular complexity index is 817. The van der Waals surface area contributed by atoms with E-state index >= 15 is 0 Å². The number of benzene rings is 1. The molecule has 1 saturated heterocycles. The lowest BCUT2D eigenvalue weighted by Crippen LogP contribution is -2.35. The van der Waals surface area contributed by atoms with Crippen molar-refractivity contribution in [2.45, 2.75) is 19.3 Å². The van der Waals surface area contributed by atoms with E-state index in [4.69, 9.17) is 5.26 Å². The summed E-state index contributed by atoms with van der Waals surface area (Å²) in [5.41, 5.74) is 1.35. The van der Waals surface area contributed by atoms with Crippen LogP contribution in [0.25, 0.3) is 0 Å². The van der Waals surface area contributed by atoms with Crippen molar-refractivity contribution in [1.29, 1.82) is 5.26 Å². The van der Waals surface area contributed by atoms with Crippen molar-refractivity contribution in [3.8, 4) is 17.9 Å². The zero-order valence-corrected chi connectivity index (χ0v) is 13.4. The summed E-state index contributed by atoms with van der Waals surface area (Å²) < 4.78 is 0. The van der Waals surface area contributed by atoms with Gasteiger partial charge in [-0.3, -0.25) is 4.79 Å². The highest BCUT2D eigenvalue weighted by Gasteiger charge is 2.19. The average molecular weight is 321 g/mol. The molecule has 1 aliphatic rings. The Labute approximate surface area is 139 Å². The third-order valence-corrected chi connectivity index (χ3v) is 4.57. The quantitative estimate of drug-likeness (QED) is 0.759.